The number of carbonyl (C=O) groups is 3. The van der Waals surface area contributed by atoms with Crippen LogP contribution < -0.4 is 4.74 Å². The number of hydrogen-bond acceptors (Lipinski definition) is 6. The maximum Gasteiger partial charge on any atom is 0.175 e. The van der Waals surface area contributed by atoms with Crippen LogP contribution in [0.15, 0.2) is 17.4 Å². The SMILES string of the molecule is CC(C)CC(=O)c1c(O)cc(O)c2c1OC1=C(C(=O)C(C)(C)C(=O)C1(C)C)[C@@H]2CC(C)C. The third-order valence-electron chi connectivity index (χ3n) is 6.52. The van der Waals surface area contributed by atoms with Crippen LogP contribution in [0.1, 0.15) is 90.1 Å². The van der Waals surface area contributed by atoms with Gasteiger partial charge >= 0.3 is 0 Å². The number of fused-ring (bicyclic) bond motifs is 1. The molecule has 0 aromatic heterocycles. The van der Waals surface area contributed by atoms with Crippen LogP contribution in [0, 0.1) is 22.7 Å². The highest BCUT2D eigenvalue weighted by atomic mass is 16.5. The van der Waals surface area contributed by atoms with Gasteiger partial charge in [0.15, 0.2) is 17.3 Å². The van der Waals surface area contributed by atoms with Gasteiger partial charge in [-0.25, -0.2) is 0 Å². The molecule has 32 heavy (non-hydrogen) atoms. The standard InChI is InChI=1S/C26H34O6/c1-12(2)9-14-18-16(28)11-17(29)20(15(27)10-13(3)4)21(18)32-23-19(14)22(30)25(5,6)24(31)26(23,7)8/h11-14,28-29H,9-10H2,1-8H3/t14-/m1/s1. The Bertz CT molecular complexity index is 1040. The molecule has 0 radical (unpaired) electrons. The van der Waals surface area contributed by atoms with Crippen molar-refractivity contribution in [1.82, 2.24) is 0 Å². The summed E-state index contributed by atoms with van der Waals surface area (Å²) in [6.07, 6.45) is 0.695. The molecule has 174 valence electrons. The Morgan fingerprint density at radius 2 is 1.59 bits per heavy atom. The molecule has 1 aliphatic heterocycles. The van der Waals surface area contributed by atoms with Crippen molar-refractivity contribution < 1.29 is 29.3 Å². The maximum absolute atomic E-state index is 13.6. The van der Waals surface area contributed by atoms with Gasteiger partial charge in [0.25, 0.3) is 0 Å². The molecule has 0 bridgehead atoms. The van der Waals surface area contributed by atoms with Gasteiger partial charge in [0.1, 0.15) is 28.6 Å². The molecule has 0 spiro atoms. The van der Waals surface area contributed by atoms with Gasteiger partial charge in [0.05, 0.1) is 10.8 Å². The van der Waals surface area contributed by atoms with E-state index >= 15 is 0 Å². The summed E-state index contributed by atoms with van der Waals surface area (Å²) in [6, 6.07) is 1.16. The second kappa shape index (κ2) is 7.75. The molecule has 2 N–H and O–H groups in total. The lowest BCUT2D eigenvalue weighted by atomic mass is 9.59. The minimum Gasteiger partial charge on any atom is -0.507 e. The van der Waals surface area contributed by atoms with Crippen LogP contribution in [0.5, 0.6) is 17.2 Å². The Hall–Kier alpha value is -2.63. The Balaban J connectivity index is 2.37. The number of benzene rings is 1. The zero-order valence-corrected chi connectivity index (χ0v) is 20.3. The number of rotatable bonds is 5. The molecule has 1 aromatic carbocycles. The summed E-state index contributed by atoms with van der Waals surface area (Å²) in [4.78, 5) is 39.9. The lowest BCUT2D eigenvalue weighted by molar-refractivity contribution is -0.144. The van der Waals surface area contributed by atoms with Crippen LogP contribution in [0.3, 0.4) is 0 Å². The molecule has 1 heterocycles. The Morgan fingerprint density at radius 3 is 2.12 bits per heavy atom. The number of ether oxygens (including phenoxy) is 1. The summed E-state index contributed by atoms with van der Waals surface area (Å²) in [5.74, 6) is -1.57. The second-order valence-corrected chi connectivity index (χ2v) is 11.0. The summed E-state index contributed by atoms with van der Waals surface area (Å²) in [5, 5.41) is 21.4. The van der Waals surface area contributed by atoms with Crippen LogP contribution in [-0.2, 0) is 9.59 Å². The predicted octanol–water partition coefficient (Wildman–Crippen LogP) is 5.31. The highest BCUT2D eigenvalue weighted by Crippen LogP contribution is 2.57. The van der Waals surface area contributed by atoms with E-state index in [9.17, 15) is 24.6 Å². The van der Waals surface area contributed by atoms with Gasteiger partial charge in [-0.15, -0.1) is 0 Å². The average Bonchev–Trinajstić information content (AvgIpc) is 2.63. The van der Waals surface area contributed by atoms with Gasteiger partial charge < -0.3 is 14.9 Å². The van der Waals surface area contributed by atoms with Crippen molar-refractivity contribution in [2.24, 2.45) is 22.7 Å². The van der Waals surface area contributed by atoms with Gasteiger partial charge in [-0.1, -0.05) is 27.7 Å². The number of Topliss-reactive ketones (excluding diaryl/α,β-unsaturated/α-hetero) is 3. The van der Waals surface area contributed by atoms with Crippen molar-refractivity contribution in [3.63, 3.8) is 0 Å². The molecule has 1 atom stereocenters. The largest absolute Gasteiger partial charge is 0.507 e. The lowest BCUT2D eigenvalue weighted by Gasteiger charge is -2.45. The number of carbonyl (C=O) groups excluding carboxylic acids is 3. The molecule has 0 unspecified atom stereocenters. The molecule has 3 rings (SSSR count). The van der Waals surface area contributed by atoms with Gasteiger partial charge in [-0.3, -0.25) is 14.4 Å². The fourth-order valence-corrected chi connectivity index (χ4v) is 5.05. The first-order valence-corrected chi connectivity index (χ1v) is 11.3. The van der Waals surface area contributed by atoms with Gasteiger partial charge in [-0.2, -0.15) is 0 Å². The van der Waals surface area contributed by atoms with E-state index < -0.39 is 16.7 Å². The Kier molecular flexibility index (Phi) is 5.82. The van der Waals surface area contributed by atoms with Crippen LogP contribution in [0.25, 0.3) is 0 Å². The van der Waals surface area contributed by atoms with E-state index in [0.717, 1.165) is 6.07 Å². The molecule has 0 saturated carbocycles. The number of phenols is 2. The van der Waals surface area contributed by atoms with Gasteiger partial charge in [-0.05, 0) is 46.0 Å². The fraction of sp³-hybridized carbons (Fsp3) is 0.577. The lowest BCUT2D eigenvalue weighted by Crippen LogP contribution is -2.51. The van der Waals surface area contributed by atoms with Gasteiger partial charge in [0.2, 0.25) is 0 Å². The third kappa shape index (κ3) is 3.54. The molecular weight excluding hydrogens is 408 g/mol. The topological polar surface area (TPSA) is 101 Å². The summed E-state index contributed by atoms with van der Waals surface area (Å²) in [6.45, 7) is 14.5. The molecular formula is C26H34O6. The van der Waals surface area contributed by atoms with Crippen LogP contribution in [0.4, 0.5) is 0 Å². The molecule has 6 heteroatoms. The minimum atomic E-state index is -1.23. The normalized spacial score (nSPS) is 21.5. The van der Waals surface area contributed by atoms with Gasteiger partial charge in [0, 0.05) is 29.5 Å². The van der Waals surface area contributed by atoms with Crippen LogP contribution in [-0.4, -0.2) is 27.6 Å². The Labute approximate surface area is 189 Å². The fourth-order valence-electron chi connectivity index (χ4n) is 5.05. The maximum atomic E-state index is 13.6. The predicted molar refractivity (Wildman–Crippen MR) is 121 cm³/mol. The zero-order chi connectivity index (χ0) is 24.3. The molecule has 0 amide bonds. The minimum absolute atomic E-state index is 0.00709. The number of aromatic hydroxyl groups is 2. The third-order valence-corrected chi connectivity index (χ3v) is 6.52. The van der Waals surface area contributed by atoms with Crippen molar-refractivity contribution in [2.75, 3.05) is 0 Å². The summed E-state index contributed by atoms with van der Waals surface area (Å²) in [7, 11) is 0. The molecule has 1 aliphatic carbocycles. The average molecular weight is 443 g/mol. The number of hydrogen-bond donors (Lipinski definition) is 2. The second-order valence-electron chi connectivity index (χ2n) is 11.0. The highest BCUT2D eigenvalue weighted by Gasteiger charge is 2.57. The summed E-state index contributed by atoms with van der Waals surface area (Å²) >= 11 is 0. The molecule has 0 saturated heterocycles. The van der Waals surface area contributed by atoms with Crippen LogP contribution in [0.2, 0.25) is 0 Å². The molecule has 6 nitrogen and oxygen atoms in total. The first kappa shape index (κ1) is 24.0. The summed E-state index contributed by atoms with van der Waals surface area (Å²) in [5.41, 5.74) is -1.64. The van der Waals surface area contributed by atoms with E-state index in [-0.39, 0.29) is 64.2 Å². The molecule has 2 aliphatic rings. The van der Waals surface area contributed by atoms with Crippen LogP contribution >= 0.6 is 0 Å². The molecule has 1 aromatic rings. The molecule has 0 fully saturated rings. The van der Waals surface area contributed by atoms with E-state index in [0.29, 0.717) is 17.6 Å². The number of ketones is 3. The van der Waals surface area contributed by atoms with Crippen molar-refractivity contribution in [1.29, 1.82) is 0 Å². The zero-order valence-electron chi connectivity index (χ0n) is 20.3. The van der Waals surface area contributed by atoms with E-state index in [1.54, 1.807) is 27.7 Å². The number of allylic oxidation sites excluding steroid dienone is 2. The van der Waals surface area contributed by atoms with Crippen molar-refractivity contribution in [3.05, 3.63) is 28.5 Å². The van der Waals surface area contributed by atoms with Crippen molar-refractivity contribution >= 4 is 17.3 Å². The quantitative estimate of drug-likeness (QED) is 0.474. The summed E-state index contributed by atoms with van der Waals surface area (Å²) < 4.78 is 6.19. The van der Waals surface area contributed by atoms with E-state index in [2.05, 4.69) is 0 Å². The smallest absolute Gasteiger partial charge is 0.175 e. The highest BCUT2D eigenvalue weighted by molar-refractivity contribution is 6.20. The first-order valence-electron chi connectivity index (χ1n) is 11.3. The first-order chi connectivity index (χ1) is 14.6. The Morgan fingerprint density at radius 1 is 1.00 bits per heavy atom. The van der Waals surface area contributed by atoms with E-state index in [4.69, 9.17) is 4.74 Å². The van der Waals surface area contributed by atoms with Crippen molar-refractivity contribution in [2.45, 2.75) is 74.1 Å². The van der Waals surface area contributed by atoms with E-state index in [1.807, 2.05) is 27.7 Å². The van der Waals surface area contributed by atoms with E-state index in [1.165, 1.54) is 0 Å². The number of phenolic OH excluding ortho intramolecular Hbond substituents is 2. The monoisotopic (exact) mass is 442 g/mol. The van der Waals surface area contributed by atoms with Crippen molar-refractivity contribution in [3.8, 4) is 17.2 Å².